The van der Waals surface area contributed by atoms with E-state index in [4.69, 9.17) is 11.6 Å². The van der Waals surface area contributed by atoms with Crippen molar-refractivity contribution in [2.24, 2.45) is 0 Å². The molecule has 0 fully saturated rings. The normalized spacial score (nSPS) is 11.1. The molecule has 0 spiro atoms. The van der Waals surface area contributed by atoms with E-state index in [1.165, 1.54) is 18.2 Å². The van der Waals surface area contributed by atoms with Crippen molar-refractivity contribution < 1.29 is 8.42 Å². The van der Waals surface area contributed by atoms with Crippen LogP contribution in [0.2, 0.25) is 5.02 Å². The van der Waals surface area contributed by atoms with Gasteiger partial charge in [0.2, 0.25) is 0 Å². The maximum atomic E-state index is 12.3. The fourth-order valence-corrected chi connectivity index (χ4v) is 3.30. The number of sulfonamides is 1. The van der Waals surface area contributed by atoms with E-state index >= 15 is 0 Å². The molecule has 2 heterocycles. The summed E-state index contributed by atoms with van der Waals surface area (Å²) in [5.41, 5.74) is 0.995. The molecule has 1 aromatic carbocycles. The van der Waals surface area contributed by atoms with Gasteiger partial charge in [-0.1, -0.05) is 23.7 Å². The third-order valence-electron chi connectivity index (χ3n) is 3.21. The molecule has 0 unspecified atom stereocenters. The van der Waals surface area contributed by atoms with Crippen molar-refractivity contribution in [1.82, 2.24) is 15.2 Å². The first-order chi connectivity index (χ1) is 12.0. The molecule has 0 aliphatic heterocycles. The van der Waals surface area contributed by atoms with Crippen LogP contribution in [-0.2, 0) is 16.6 Å². The molecule has 0 saturated carbocycles. The van der Waals surface area contributed by atoms with E-state index in [0.29, 0.717) is 17.4 Å². The largest absolute Gasteiger partial charge is 0.364 e. The van der Waals surface area contributed by atoms with Crippen LogP contribution >= 0.6 is 11.6 Å². The van der Waals surface area contributed by atoms with E-state index in [1.807, 2.05) is 12.1 Å². The van der Waals surface area contributed by atoms with E-state index in [-0.39, 0.29) is 10.7 Å². The van der Waals surface area contributed by atoms with Crippen LogP contribution in [-0.4, -0.2) is 23.6 Å². The smallest absolute Gasteiger partial charge is 0.263 e. The number of hydrogen-bond acceptors (Lipinski definition) is 6. The molecule has 25 heavy (non-hydrogen) atoms. The van der Waals surface area contributed by atoms with E-state index < -0.39 is 10.0 Å². The molecule has 2 N–H and O–H groups in total. The number of rotatable bonds is 6. The number of anilines is 2. The van der Waals surface area contributed by atoms with E-state index in [0.717, 1.165) is 5.56 Å². The summed E-state index contributed by atoms with van der Waals surface area (Å²) in [6, 6.07) is 12.9. The molecule has 3 aromatic rings. The molecule has 128 valence electrons. The van der Waals surface area contributed by atoms with Gasteiger partial charge in [0.05, 0.1) is 4.90 Å². The first kappa shape index (κ1) is 17.1. The van der Waals surface area contributed by atoms with Gasteiger partial charge in [0, 0.05) is 24.0 Å². The summed E-state index contributed by atoms with van der Waals surface area (Å²) in [4.78, 5) is 4.08. The zero-order valence-corrected chi connectivity index (χ0v) is 14.5. The van der Waals surface area contributed by atoms with Crippen molar-refractivity contribution >= 4 is 33.3 Å². The van der Waals surface area contributed by atoms with Crippen LogP contribution < -0.4 is 10.0 Å². The molecule has 9 heteroatoms. The molecule has 2 aromatic heterocycles. The fourth-order valence-electron chi connectivity index (χ4n) is 2.01. The molecule has 0 aliphatic carbocycles. The second kappa shape index (κ2) is 7.45. The highest BCUT2D eigenvalue weighted by molar-refractivity contribution is 7.92. The fraction of sp³-hybridized carbons (Fsp3) is 0.0625. The lowest BCUT2D eigenvalue weighted by Crippen LogP contribution is -2.14. The van der Waals surface area contributed by atoms with Crippen LogP contribution in [0.3, 0.4) is 0 Å². The summed E-state index contributed by atoms with van der Waals surface area (Å²) in [5, 5.41) is 11.2. The minimum atomic E-state index is -3.77. The van der Waals surface area contributed by atoms with Gasteiger partial charge >= 0.3 is 0 Å². The Kier molecular flexibility index (Phi) is 5.11. The van der Waals surface area contributed by atoms with Crippen molar-refractivity contribution in [3.8, 4) is 0 Å². The van der Waals surface area contributed by atoms with Crippen molar-refractivity contribution in [1.29, 1.82) is 0 Å². The number of benzene rings is 1. The van der Waals surface area contributed by atoms with Crippen molar-refractivity contribution in [3.63, 3.8) is 0 Å². The Morgan fingerprint density at radius 3 is 2.48 bits per heavy atom. The lowest BCUT2D eigenvalue weighted by atomic mass is 10.3. The first-order valence-electron chi connectivity index (χ1n) is 7.28. The summed E-state index contributed by atoms with van der Waals surface area (Å²) in [5.74, 6) is 0.640. The molecule has 0 aliphatic rings. The Balaban J connectivity index is 1.66. The van der Waals surface area contributed by atoms with Gasteiger partial charge in [-0.05, 0) is 42.0 Å². The molecule has 3 rings (SSSR count). The van der Waals surface area contributed by atoms with Gasteiger partial charge in [0.15, 0.2) is 5.82 Å². The highest BCUT2D eigenvalue weighted by Crippen LogP contribution is 2.18. The predicted octanol–water partition coefficient (Wildman–Crippen LogP) is 2.94. The molecule has 7 nitrogen and oxygen atoms in total. The Morgan fingerprint density at radius 2 is 1.80 bits per heavy atom. The van der Waals surface area contributed by atoms with Crippen LogP contribution in [0.1, 0.15) is 5.56 Å². The summed E-state index contributed by atoms with van der Waals surface area (Å²) < 4.78 is 26.9. The average molecular weight is 376 g/mol. The van der Waals surface area contributed by atoms with Crippen LogP contribution in [0.5, 0.6) is 0 Å². The standard InChI is InChI=1S/C16H14ClN5O2S/c17-13-4-1-5-14(9-13)25(23,24)22-16-7-6-15(20-21-16)19-11-12-3-2-8-18-10-12/h1-10H,11H2,(H,19,20)(H,21,22). The molecule has 0 saturated heterocycles. The van der Waals surface area contributed by atoms with Crippen molar-refractivity contribution in [2.75, 3.05) is 10.0 Å². The van der Waals surface area contributed by atoms with E-state index in [1.54, 1.807) is 30.6 Å². The van der Waals surface area contributed by atoms with Crippen LogP contribution in [0, 0.1) is 0 Å². The highest BCUT2D eigenvalue weighted by atomic mass is 35.5. The van der Waals surface area contributed by atoms with Gasteiger partial charge in [-0.25, -0.2) is 8.42 Å². The van der Waals surface area contributed by atoms with Crippen molar-refractivity contribution in [3.05, 3.63) is 71.5 Å². The number of nitrogens with one attached hydrogen (secondary N) is 2. The average Bonchev–Trinajstić information content (AvgIpc) is 2.62. The minimum absolute atomic E-state index is 0.0561. The summed E-state index contributed by atoms with van der Waals surface area (Å²) in [7, 11) is -3.77. The van der Waals surface area contributed by atoms with Crippen LogP contribution in [0.15, 0.2) is 65.8 Å². The Morgan fingerprint density at radius 1 is 1.00 bits per heavy atom. The third-order valence-corrected chi connectivity index (χ3v) is 4.79. The first-order valence-corrected chi connectivity index (χ1v) is 9.14. The monoisotopic (exact) mass is 375 g/mol. The van der Waals surface area contributed by atoms with Crippen molar-refractivity contribution in [2.45, 2.75) is 11.4 Å². The number of aromatic nitrogens is 3. The highest BCUT2D eigenvalue weighted by Gasteiger charge is 2.15. The molecular weight excluding hydrogens is 362 g/mol. The lowest BCUT2D eigenvalue weighted by molar-refractivity contribution is 0.601. The lowest BCUT2D eigenvalue weighted by Gasteiger charge is -2.08. The third kappa shape index (κ3) is 4.65. The Labute approximate surface area is 150 Å². The number of nitrogens with zero attached hydrogens (tertiary/aromatic N) is 3. The van der Waals surface area contributed by atoms with Gasteiger partial charge < -0.3 is 5.32 Å². The molecule has 0 radical (unpaired) electrons. The van der Waals surface area contributed by atoms with Gasteiger partial charge in [0.1, 0.15) is 5.82 Å². The maximum Gasteiger partial charge on any atom is 0.263 e. The molecule has 0 bridgehead atoms. The van der Waals surface area contributed by atoms with Gasteiger partial charge in [-0.2, -0.15) is 0 Å². The molecular formula is C16H14ClN5O2S. The Hall–Kier alpha value is -2.71. The van der Waals surface area contributed by atoms with Crippen LogP contribution in [0.4, 0.5) is 11.6 Å². The zero-order valence-electron chi connectivity index (χ0n) is 12.9. The minimum Gasteiger partial charge on any atom is -0.364 e. The Bertz CT molecular complexity index is 950. The SMILES string of the molecule is O=S(=O)(Nc1ccc(NCc2cccnc2)nn1)c1cccc(Cl)c1. The summed E-state index contributed by atoms with van der Waals surface area (Å²) in [6.07, 6.45) is 3.44. The quantitative estimate of drug-likeness (QED) is 0.687. The molecule has 0 atom stereocenters. The second-order valence-electron chi connectivity index (χ2n) is 5.08. The van der Waals surface area contributed by atoms with E-state index in [2.05, 4.69) is 25.2 Å². The van der Waals surface area contributed by atoms with Gasteiger partial charge in [-0.15, -0.1) is 10.2 Å². The van der Waals surface area contributed by atoms with Gasteiger partial charge in [-0.3, -0.25) is 9.71 Å². The number of halogens is 1. The maximum absolute atomic E-state index is 12.3. The van der Waals surface area contributed by atoms with E-state index in [9.17, 15) is 8.42 Å². The summed E-state index contributed by atoms with van der Waals surface area (Å²) >= 11 is 5.83. The zero-order chi connectivity index (χ0) is 17.7. The number of pyridine rings is 1. The predicted molar refractivity (Wildman–Crippen MR) is 95.9 cm³/mol. The van der Waals surface area contributed by atoms with Gasteiger partial charge in [0.25, 0.3) is 10.0 Å². The second-order valence-corrected chi connectivity index (χ2v) is 7.20. The summed E-state index contributed by atoms with van der Waals surface area (Å²) in [6.45, 7) is 0.538. The number of hydrogen-bond donors (Lipinski definition) is 2. The molecule has 0 amide bonds. The topological polar surface area (TPSA) is 96.9 Å². The van der Waals surface area contributed by atoms with Crippen LogP contribution in [0.25, 0.3) is 0 Å².